The highest BCUT2D eigenvalue weighted by molar-refractivity contribution is 9.10. The van der Waals surface area contributed by atoms with Crippen LogP contribution in [0.1, 0.15) is 5.69 Å². The van der Waals surface area contributed by atoms with E-state index in [0.29, 0.717) is 12.2 Å². The average molecular weight is 278 g/mol. The first-order valence-electron chi connectivity index (χ1n) is 4.86. The van der Waals surface area contributed by atoms with Crippen molar-refractivity contribution in [3.63, 3.8) is 0 Å². The highest BCUT2D eigenvalue weighted by atomic mass is 79.9. The Morgan fingerprint density at radius 1 is 1.38 bits per heavy atom. The standard InChI is InChI=1S/C12H8BrNO2/c1-7-6-10-11(13)8-4-2-3-5-9(8)14(10)12(15)16-7/h2-5H,1,6H2. The van der Waals surface area contributed by atoms with Crippen LogP contribution < -0.4 is 0 Å². The van der Waals surface area contributed by atoms with Gasteiger partial charge in [-0.2, -0.15) is 0 Å². The molecule has 0 fully saturated rings. The maximum Gasteiger partial charge on any atom is 0.423 e. The van der Waals surface area contributed by atoms with E-state index in [9.17, 15) is 4.79 Å². The predicted molar refractivity (Wildman–Crippen MR) is 64.4 cm³/mol. The number of benzene rings is 1. The monoisotopic (exact) mass is 277 g/mol. The van der Waals surface area contributed by atoms with E-state index in [-0.39, 0.29) is 6.09 Å². The van der Waals surface area contributed by atoms with E-state index in [4.69, 9.17) is 4.74 Å². The van der Waals surface area contributed by atoms with Gasteiger partial charge >= 0.3 is 6.09 Å². The van der Waals surface area contributed by atoms with Gasteiger partial charge in [0.25, 0.3) is 0 Å². The summed E-state index contributed by atoms with van der Waals surface area (Å²) in [6, 6.07) is 7.72. The highest BCUT2D eigenvalue weighted by Gasteiger charge is 2.26. The van der Waals surface area contributed by atoms with Crippen LogP contribution in [0.2, 0.25) is 0 Å². The van der Waals surface area contributed by atoms with E-state index in [1.165, 1.54) is 0 Å². The summed E-state index contributed by atoms with van der Waals surface area (Å²) in [5.41, 5.74) is 1.77. The first-order valence-corrected chi connectivity index (χ1v) is 5.65. The summed E-state index contributed by atoms with van der Waals surface area (Å²) in [6.07, 6.45) is 0.175. The van der Waals surface area contributed by atoms with E-state index in [0.717, 1.165) is 21.1 Å². The van der Waals surface area contributed by atoms with E-state index < -0.39 is 0 Å². The van der Waals surface area contributed by atoms with Crippen LogP contribution in [0.5, 0.6) is 0 Å². The van der Waals surface area contributed by atoms with E-state index in [2.05, 4.69) is 22.5 Å². The number of carbonyl (C=O) groups is 1. The Hall–Kier alpha value is -1.55. The minimum atomic E-state index is -0.381. The number of para-hydroxylation sites is 1. The third-order valence-corrected chi connectivity index (χ3v) is 3.57. The van der Waals surface area contributed by atoms with Gasteiger partial charge in [-0.25, -0.2) is 9.36 Å². The largest absolute Gasteiger partial charge is 0.423 e. The normalized spacial score (nSPS) is 15.1. The van der Waals surface area contributed by atoms with Crippen molar-refractivity contribution in [1.82, 2.24) is 4.57 Å². The molecule has 0 N–H and O–H groups in total. The molecule has 4 heteroatoms. The first-order chi connectivity index (χ1) is 7.68. The van der Waals surface area contributed by atoms with E-state index >= 15 is 0 Å². The third-order valence-electron chi connectivity index (χ3n) is 2.68. The fourth-order valence-corrected chi connectivity index (χ4v) is 2.66. The minimum absolute atomic E-state index is 0.381. The van der Waals surface area contributed by atoms with Crippen molar-refractivity contribution < 1.29 is 9.53 Å². The van der Waals surface area contributed by atoms with Gasteiger partial charge in [-0.05, 0) is 22.0 Å². The molecule has 1 aromatic heterocycles. The molecule has 0 saturated carbocycles. The molecule has 0 atom stereocenters. The number of carbonyl (C=O) groups excluding carboxylic acids is 1. The third kappa shape index (κ3) is 1.16. The molecule has 2 heterocycles. The Labute approximate surface area is 100 Å². The van der Waals surface area contributed by atoms with Crippen molar-refractivity contribution in [2.75, 3.05) is 0 Å². The summed E-state index contributed by atoms with van der Waals surface area (Å²) in [5.74, 6) is 0.487. The lowest BCUT2D eigenvalue weighted by Gasteiger charge is -2.17. The molecule has 0 aliphatic carbocycles. The van der Waals surface area contributed by atoms with Crippen LogP contribution in [0.4, 0.5) is 4.79 Å². The molecular weight excluding hydrogens is 270 g/mol. The van der Waals surface area contributed by atoms with Gasteiger partial charge in [-0.1, -0.05) is 24.8 Å². The molecule has 2 aromatic rings. The van der Waals surface area contributed by atoms with Crippen molar-refractivity contribution in [2.45, 2.75) is 6.42 Å². The van der Waals surface area contributed by atoms with Crippen molar-refractivity contribution >= 4 is 32.9 Å². The fraction of sp³-hybridized carbons (Fsp3) is 0.0833. The van der Waals surface area contributed by atoms with Crippen LogP contribution in [0.25, 0.3) is 10.9 Å². The van der Waals surface area contributed by atoms with Gasteiger partial charge < -0.3 is 4.74 Å². The second-order valence-electron chi connectivity index (χ2n) is 3.70. The number of hydrogen-bond donors (Lipinski definition) is 0. The summed E-state index contributed by atoms with van der Waals surface area (Å²) in [7, 11) is 0. The second kappa shape index (κ2) is 3.22. The molecule has 80 valence electrons. The molecule has 0 amide bonds. The lowest BCUT2D eigenvalue weighted by atomic mass is 10.2. The number of nitrogens with zero attached hydrogens (tertiary/aromatic N) is 1. The topological polar surface area (TPSA) is 31.2 Å². The number of cyclic esters (lactones) is 1. The average Bonchev–Trinajstić information content (AvgIpc) is 2.54. The number of rotatable bonds is 0. The van der Waals surface area contributed by atoms with Crippen LogP contribution in [-0.2, 0) is 11.2 Å². The van der Waals surface area contributed by atoms with Gasteiger partial charge in [-0.3, -0.25) is 0 Å². The maximum absolute atomic E-state index is 11.8. The molecule has 3 rings (SSSR count). The number of aromatic nitrogens is 1. The Morgan fingerprint density at radius 2 is 2.12 bits per heavy atom. The SMILES string of the molecule is C=C1Cc2c(Br)c3ccccc3n2C(=O)O1. The zero-order chi connectivity index (χ0) is 11.3. The van der Waals surface area contributed by atoms with Gasteiger partial charge in [0.15, 0.2) is 0 Å². The molecule has 16 heavy (non-hydrogen) atoms. The van der Waals surface area contributed by atoms with Crippen molar-refractivity contribution in [3.05, 3.63) is 46.8 Å². The predicted octanol–water partition coefficient (Wildman–Crippen LogP) is 3.46. The second-order valence-corrected chi connectivity index (χ2v) is 4.49. The van der Waals surface area contributed by atoms with Crippen molar-refractivity contribution in [2.24, 2.45) is 0 Å². The zero-order valence-electron chi connectivity index (χ0n) is 8.37. The van der Waals surface area contributed by atoms with Gasteiger partial charge in [0.1, 0.15) is 5.76 Å². The molecular formula is C12H8BrNO2. The summed E-state index contributed by atoms with van der Waals surface area (Å²) >= 11 is 3.52. The summed E-state index contributed by atoms with van der Waals surface area (Å²) in [4.78, 5) is 11.8. The van der Waals surface area contributed by atoms with Gasteiger partial charge in [0.2, 0.25) is 0 Å². The molecule has 3 nitrogen and oxygen atoms in total. The van der Waals surface area contributed by atoms with E-state index in [1.54, 1.807) is 4.57 Å². The lowest BCUT2D eigenvalue weighted by Crippen LogP contribution is -2.22. The number of halogens is 1. The molecule has 0 spiro atoms. The molecule has 0 radical (unpaired) electrons. The number of fused-ring (bicyclic) bond motifs is 3. The maximum atomic E-state index is 11.8. The molecule has 0 saturated heterocycles. The number of allylic oxidation sites excluding steroid dienone is 1. The summed E-state index contributed by atoms with van der Waals surface area (Å²) in [5, 5.41) is 1.02. The quantitative estimate of drug-likeness (QED) is 0.739. The zero-order valence-corrected chi connectivity index (χ0v) is 9.95. The van der Waals surface area contributed by atoms with E-state index in [1.807, 2.05) is 24.3 Å². The first kappa shape index (κ1) is 9.66. The van der Waals surface area contributed by atoms with Gasteiger partial charge in [0, 0.05) is 16.3 Å². The highest BCUT2D eigenvalue weighted by Crippen LogP contribution is 2.34. The number of ether oxygens (including phenoxy) is 1. The van der Waals surface area contributed by atoms with Crippen LogP contribution in [0, 0.1) is 0 Å². The smallest absolute Gasteiger partial charge is 0.414 e. The fourth-order valence-electron chi connectivity index (χ4n) is 2.01. The Morgan fingerprint density at radius 3 is 2.94 bits per heavy atom. The Bertz CT molecular complexity index is 627. The molecule has 0 bridgehead atoms. The van der Waals surface area contributed by atoms with Crippen LogP contribution in [0.3, 0.4) is 0 Å². The van der Waals surface area contributed by atoms with Gasteiger partial charge in [-0.15, -0.1) is 0 Å². The lowest BCUT2D eigenvalue weighted by molar-refractivity contribution is 0.169. The molecule has 1 aliphatic rings. The Balaban J connectivity index is 2.44. The van der Waals surface area contributed by atoms with Gasteiger partial charge in [0.05, 0.1) is 11.2 Å². The van der Waals surface area contributed by atoms with Crippen molar-refractivity contribution in [1.29, 1.82) is 0 Å². The van der Waals surface area contributed by atoms with Crippen molar-refractivity contribution in [3.8, 4) is 0 Å². The molecule has 0 unspecified atom stereocenters. The van der Waals surface area contributed by atoms with Crippen LogP contribution in [-0.4, -0.2) is 10.7 Å². The number of hydrogen-bond acceptors (Lipinski definition) is 2. The summed E-state index contributed by atoms with van der Waals surface area (Å²) < 4.78 is 7.58. The van der Waals surface area contributed by atoms with Crippen LogP contribution >= 0.6 is 15.9 Å². The molecule has 1 aromatic carbocycles. The Kier molecular flexibility index (Phi) is 1.94. The van der Waals surface area contributed by atoms with Crippen LogP contribution in [0.15, 0.2) is 41.1 Å². The minimum Gasteiger partial charge on any atom is -0.414 e. The summed E-state index contributed by atoms with van der Waals surface area (Å²) in [6.45, 7) is 3.70. The molecule has 1 aliphatic heterocycles.